The molecule has 0 spiro atoms. The lowest BCUT2D eigenvalue weighted by Crippen LogP contribution is -1.74. The molecule has 13 heavy (non-hydrogen) atoms. The zero-order chi connectivity index (χ0) is 9.84. The molecule has 1 aromatic carbocycles. The van der Waals surface area contributed by atoms with E-state index in [9.17, 15) is 0 Å². The molecule has 0 aliphatic carbocycles. The Balaban J connectivity index is 0.000000396. The third-order valence-corrected chi connectivity index (χ3v) is 1.73. The maximum Gasteiger partial charge on any atom is 0.192 e. The van der Waals surface area contributed by atoms with E-state index in [1.807, 2.05) is 45.9 Å². The standard InChI is InChI=1S/C9H9NO.C2H6/c1-6-4-3-5-8-9(6)10-7(2)11-8;1-2/h3-5H,1-2H3;1-2H3. The van der Waals surface area contributed by atoms with Gasteiger partial charge in [0.2, 0.25) is 0 Å². The smallest absolute Gasteiger partial charge is 0.192 e. The summed E-state index contributed by atoms with van der Waals surface area (Å²) in [6.45, 7) is 7.89. The van der Waals surface area contributed by atoms with Crippen molar-refractivity contribution in [2.75, 3.05) is 0 Å². The second kappa shape index (κ2) is 4.08. The fraction of sp³-hybridized carbons (Fsp3) is 0.364. The van der Waals surface area contributed by atoms with Gasteiger partial charge >= 0.3 is 0 Å². The maximum atomic E-state index is 5.34. The number of hydrogen-bond donors (Lipinski definition) is 0. The zero-order valence-electron chi connectivity index (χ0n) is 8.59. The van der Waals surface area contributed by atoms with Crippen molar-refractivity contribution in [2.24, 2.45) is 0 Å². The lowest BCUT2D eigenvalue weighted by Gasteiger charge is -1.88. The highest BCUT2D eigenvalue weighted by molar-refractivity contribution is 5.76. The molecule has 2 aromatic rings. The molecule has 0 radical (unpaired) electrons. The summed E-state index contributed by atoms with van der Waals surface area (Å²) in [4.78, 5) is 4.25. The van der Waals surface area contributed by atoms with E-state index in [1.54, 1.807) is 0 Å². The minimum Gasteiger partial charge on any atom is -0.441 e. The van der Waals surface area contributed by atoms with Crippen LogP contribution in [0.3, 0.4) is 0 Å². The van der Waals surface area contributed by atoms with E-state index in [2.05, 4.69) is 4.98 Å². The summed E-state index contributed by atoms with van der Waals surface area (Å²) < 4.78 is 5.34. The summed E-state index contributed by atoms with van der Waals surface area (Å²) in [5, 5.41) is 0. The van der Waals surface area contributed by atoms with Gasteiger partial charge in [-0.15, -0.1) is 0 Å². The number of fused-ring (bicyclic) bond motifs is 1. The summed E-state index contributed by atoms with van der Waals surface area (Å²) in [6, 6.07) is 5.94. The van der Waals surface area contributed by atoms with E-state index < -0.39 is 0 Å². The number of hydrogen-bond acceptors (Lipinski definition) is 2. The van der Waals surface area contributed by atoms with Crippen molar-refractivity contribution in [3.05, 3.63) is 29.7 Å². The number of aromatic nitrogens is 1. The van der Waals surface area contributed by atoms with Crippen molar-refractivity contribution in [2.45, 2.75) is 27.7 Å². The van der Waals surface area contributed by atoms with E-state index in [-0.39, 0.29) is 0 Å². The van der Waals surface area contributed by atoms with Crippen LogP contribution < -0.4 is 0 Å². The van der Waals surface area contributed by atoms with Crippen LogP contribution in [-0.2, 0) is 0 Å². The monoisotopic (exact) mass is 177 g/mol. The van der Waals surface area contributed by atoms with E-state index in [4.69, 9.17) is 4.42 Å². The second-order valence-corrected chi connectivity index (χ2v) is 2.65. The first kappa shape index (κ1) is 9.78. The summed E-state index contributed by atoms with van der Waals surface area (Å²) in [5.74, 6) is 0.731. The minimum atomic E-state index is 0.731. The van der Waals surface area contributed by atoms with Gasteiger partial charge in [-0.2, -0.15) is 0 Å². The number of nitrogens with zero attached hydrogens (tertiary/aromatic N) is 1. The van der Waals surface area contributed by atoms with Crippen LogP contribution in [-0.4, -0.2) is 4.98 Å². The van der Waals surface area contributed by atoms with Crippen LogP contribution in [0.5, 0.6) is 0 Å². The molecule has 0 amide bonds. The number of oxazole rings is 1. The Bertz CT molecular complexity index is 390. The van der Waals surface area contributed by atoms with E-state index in [0.717, 1.165) is 17.0 Å². The molecule has 0 unspecified atom stereocenters. The van der Waals surface area contributed by atoms with E-state index in [0.29, 0.717) is 0 Å². The number of benzene rings is 1. The maximum absolute atomic E-state index is 5.34. The summed E-state index contributed by atoms with van der Waals surface area (Å²) in [5.41, 5.74) is 3.02. The molecule has 2 heteroatoms. The van der Waals surface area contributed by atoms with Crippen molar-refractivity contribution in [3.63, 3.8) is 0 Å². The van der Waals surface area contributed by atoms with Gasteiger partial charge in [-0.05, 0) is 18.6 Å². The van der Waals surface area contributed by atoms with Crippen molar-refractivity contribution in [1.82, 2.24) is 4.98 Å². The molecule has 0 aliphatic rings. The lowest BCUT2D eigenvalue weighted by molar-refractivity contribution is 0.561. The topological polar surface area (TPSA) is 26.0 Å². The highest BCUT2D eigenvalue weighted by Crippen LogP contribution is 2.17. The molecular formula is C11H15NO. The number of aryl methyl sites for hydroxylation is 2. The molecule has 70 valence electrons. The molecule has 0 N–H and O–H groups in total. The van der Waals surface area contributed by atoms with E-state index in [1.165, 1.54) is 5.56 Å². The third-order valence-electron chi connectivity index (χ3n) is 1.73. The Kier molecular flexibility index (Phi) is 3.07. The molecule has 0 bridgehead atoms. The summed E-state index contributed by atoms with van der Waals surface area (Å²) in [7, 11) is 0. The predicted molar refractivity (Wildman–Crippen MR) is 54.8 cm³/mol. The normalized spacial score (nSPS) is 9.54. The quantitative estimate of drug-likeness (QED) is 0.615. The van der Waals surface area contributed by atoms with Crippen LogP contribution in [0, 0.1) is 13.8 Å². The van der Waals surface area contributed by atoms with Crippen LogP contribution in [0.1, 0.15) is 25.3 Å². The highest BCUT2D eigenvalue weighted by atomic mass is 16.3. The lowest BCUT2D eigenvalue weighted by atomic mass is 10.2. The van der Waals surface area contributed by atoms with Crippen molar-refractivity contribution in [3.8, 4) is 0 Å². The molecule has 0 saturated carbocycles. The first-order valence-corrected chi connectivity index (χ1v) is 4.60. The van der Waals surface area contributed by atoms with Crippen LogP contribution in [0.25, 0.3) is 11.1 Å². The largest absolute Gasteiger partial charge is 0.441 e. The van der Waals surface area contributed by atoms with Crippen molar-refractivity contribution in [1.29, 1.82) is 0 Å². The van der Waals surface area contributed by atoms with Gasteiger partial charge in [0, 0.05) is 6.92 Å². The Morgan fingerprint density at radius 1 is 1.15 bits per heavy atom. The average Bonchev–Trinajstić information content (AvgIpc) is 2.51. The minimum absolute atomic E-state index is 0.731. The average molecular weight is 177 g/mol. The van der Waals surface area contributed by atoms with Gasteiger partial charge in [-0.3, -0.25) is 0 Å². The van der Waals surface area contributed by atoms with Gasteiger partial charge in [0.05, 0.1) is 0 Å². The van der Waals surface area contributed by atoms with Crippen LogP contribution in [0.2, 0.25) is 0 Å². The first-order valence-electron chi connectivity index (χ1n) is 4.60. The summed E-state index contributed by atoms with van der Waals surface area (Å²) >= 11 is 0. The van der Waals surface area contributed by atoms with Crippen molar-refractivity contribution >= 4 is 11.1 Å². The molecule has 1 aromatic heterocycles. The van der Waals surface area contributed by atoms with Gasteiger partial charge in [-0.1, -0.05) is 26.0 Å². The molecule has 0 atom stereocenters. The Morgan fingerprint density at radius 2 is 1.85 bits per heavy atom. The highest BCUT2D eigenvalue weighted by Gasteiger charge is 2.02. The molecule has 1 heterocycles. The van der Waals surface area contributed by atoms with Gasteiger partial charge < -0.3 is 4.42 Å². The second-order valence-electron chi connectivity index (χ2n) is 2.65. The van der Waals surface area contributed by atoms with Gasteiger partial charge in [-0.25, -0.2) is 4.98 Å². The SMILES string of the molecule is CC.Cc1nc2c(C)cccc2o1. The Morgan fingerprint density at radius 3 is 2.46 bits per heavy atom. The zero-order valence-corrected chi connectivity index (χ0v) is 8.59. The van der Waals surface area contributed by atoms with Crippen LogP contribution in [0.4, 0.5) is 0 Å². The number of rotatable bonds is 0. The van der Waals surface area contributed by atoms with Gasteiger partial charge in [0.25, 0.3) is 0 Å². The molecule has 2 rings (SSSR count). The fourth-order valence-corrected chi connectivity index (χ4v) is 1.20. The predicted octanol–water partition coefficient (Wildman–Crippen LogP) is 3.47. The first-order chi connectivity index (χ1) is 6.27. The number of para-hydroxylation sites is 1. The van der Waals surface area contributed by atoms with E-state index >= 15 is 0 Å². The van der Waals surface area contributed by atoms with Crippen molar-refractivity contribution < 1.29 is 4.42 Å². The van der Waals surface area contributed by atoms with Crippen LogP contribution >= 0.6 is 0 Å². The summed E-state index contributed by atoms with van der Waals surface area (Å²) in [6.07, 6.45) is 0. The third kappa shape index (κ3) is 1.89. The molecule has 0 saturated heterocycles. The van der Waals surface area contributed by atoms with Gasteiger partial charge in [0.15, 0.2) is 11.5 Å². The fourth-order valence-electron chi connectivity index (χ4n) is 1.20. The molecule has 0 aliphatic heterocycles. The Hall–Kier alpha value is -1.31. The molecule has 0 fully saturated rings. The Labute approximate surface area is 78.6 Å². The molecule has 2 nitrogen and oxygen atoms in total. The van der Waals surface area contributed by atoms with Crippen LogP contribution in [0.15, 0.2) is 22.6 Å². The van der Waals surface area contributed by atoms with Gasteiger partial charge in [0.1, 0.15) is 5.52 Å². The molecular weight excluding hydrogens is 162 g/mol.